The van der Waals surface area contributed by atoms with Crippen LogP contribution in [0.5, 0.6) is 0 Å². The average molecular weight is 323 g/mol. The normalized spacial score (nSPS) is 19.2. The Labute approximate surface area is 131 Å². The summed E-state index contributed by atoms with van der Waals surface area (Å²) in [5.41, 5.74) is 1.25. The van der Waals surface area contributed by atoms with Gasteiger partial charge in [0.25, 0.3) is 5.91 Å². The van der Waals surface area contributed by atoms with Gasteiger partial charge in [0.2, 0.25) is 0 Å². The molecule has 3 heterocycles. The molecule has 0 radical (unpaired) electrons. The van der Waals surface area contributed by atoms with Crippen molar-refractivity contribution in [3.8, 4) is 0 Å². The fourth-order valence-corrected chi connectivity index (χ4v) is 4.05. The van der Waals surface area contributed by atoms with Gasteiger partial charge >= 0.3 is 0 Å². The second-order valence-corrected chi connectivity index (χ2v) is 6.96. The molecule has 0 aromatic carbocycles. The van der Waals surface area contributed by atoms with Gasteiger partial charge in [-0.25, -0.2) is 4.98 Å². The van der Waals surface area contributed by atoms with Crippen LogP contribution in [0.25, 0.3) is 10.2 Å². The number of rotatable bonds is 2. The second-order valence-electron chi connectivity index (χ2n) is 5.54. The quantitative estimate of drug-likeness (QED) is 0.797. The average Bonchev–Trinajstić information content (AvgIpc) is 3.26. The van der Waals surface area contributed by atoms with Gasteiger partial charge in [-0.2, -0.15) is 0 Å². The number of aromatic nitrogens is 1. The predicted molar refractivity (Wildman–Crippen MR) is 83.3 cm³/mol. The van der Waals surface area contributed by atoms with Crippen LogP contribution in [0.2, 0.25) is 5.15 Å². The van der Waals surface area contributed by atoms with E-state index in [4.69, 9.17) is 16.3 Å². The van der Waals surface area contributed by atoms with E-state index in [0.717, 1.165) is 15.1 Å². The summed E-state index contributed by atoms with van der Waals surface area (Å²) in [6.45, 7) is 2.57. The van der Waals surface area contributed by atoms with Crippen LogP contribution >= 0.6 is 22.9 Å². The number of carbonyl (C=O) groups excluding carboxylic acids is 1. The van der Waals surface area contributed by atoms with Crippen LogP contribution in [-0.4, -0.2) is 42.1 Å². The Bertz CT molecular complexity index is 705. The smallest absolute Gasteiger partial charge is 0.264 e. The monoisotopic (exact) mass is 322 g/mol. The summed E-state index contributed by atoms with van der Waals surface area (Å²) in [6, 6.07) is 3.95. The van der Waals surface area contributed by atoms with E-state index in [0.29, 0.717) is 37.4 Å². The molecular formula is C15H15ClN2O2S. The summed E-state index contributed by atoms with van der Waals surface area (Å²) in [5.74, 6) is 0.674. The Balaban J connectivity index is 1.72. The molecular weight excluding hydrogens is 308 g/mol. The Morgan fingerprint density at radius 2 is 2.10 bits per heavy atom. The summed E-state index contributed by atoms with van der Waals surface area (Å²) >= 11 is 7.56. The number of morpholine rings is 1. The summed E-state index contributed by atoms with van der Waals surface area (Å²) < 4.78 is 5.30. The number of carbonyl (C=O) groups is 1. The number of halogens is 1. The Hall–Kier alpha value is -1.17. The highest BCUT2D eigenvalue weighted by atomic mass is 35.5. The van der Waals surface area contributed by atoms with Gasteiger partial charge in [0.15, 0.2) is 0 Å². The van der Waals surface area contributed by atoms with Crippen molar-refractivity contribution in [2.75, 3.05) is 26.3 Å². The minimum Gasteiger partial charge on any atom is -0.378 e. The van der Waals surface area contributed by atoms with E-state index in [9.17, 15) is 4.79 Å². The molecule has 1 aliphatic carbocycles. The van der Waals surface area contributed by atoms with Gasteiger partial charge in [0.05, 0.1) is 18.1 Å². The molecule has 6 heteroatoms. The van der Waals surface area contributed by atoms with Crippen molar-refractivity contribution in [3.63, 3.8) is 0 Å². The van der Waals surface area contributed by atoms with Crippen molar-refractivity contribution in [2.24, 2.45) is 0 Å². The first-order chi connectivity index (χ1) is 10.2. The third kappa shape index (κ3) is 2.54. The standard InChI is InChI=1S/C15H15ClN2O2S/c16-13-8-10(9-1-2-9)11-7-12(21-14(11)17-13)15(19)18-3-5-20-6-4-18/h7-9H,1-6H2. The van der Waals surface area contributed by atoms with Gasteiger partial charge < -0.3 is 9.64 Å². The van der Waals surface area contributed by atoms with Crippen molar-refractivity contribution in [3.05, 3.63) is 27.7 Å². The number of hydrogen-bond acceptors (Lipinski definition) is 4. The van der Waals surface area contributed by atoms with E-state index < -0.39 is 0 Å². The van der Waals surface area contributed by atoms with Crippen molar-refractivity contribution in [1.29, 1.82) is 0 Å². The van der Waals surface area contributed by atoms with E-state index in [-0.39, 0.29) is 5.91 Å². The van der Waals surface area contributed by atoms with Crippen LogP contribution in [0.4, 0.5) is 0 Å². The van der Waals surface area contributed by atoms with E-state index in [1.807, 2.05) is 17.0 Å². The van der Waals surface area contributed by atoms with E-state index in [2.05, 4.69) is 4.98 Å². The maximum absolute atomic E-state index is 12.6. The number of hydrogen-bond donors (Lipinski definition) is 0. The van der Waals surface area contributed by atoms with E-state index >= 15 is 0 Å². The van der Waals surface area contributed by atoms with E-state index in [1.54, 1.807) is 0 Å². The number of ether oxygens (including phenoxy) is 1. The molecule has 0 spiro atoms. The number of pyridine rings is 1. The van der Waals surface area contributed by atoms with Crippen LogP contribution in [0, 0.1) is 0 Å². The van der Waals surface area contributed by atoms with Crippen molar-refractivity contribution in [1.82, 2.24) is 9.88 Å². The van der Waals surface area contributed by atoms with Crippen LogP contribution in [-0.2, 0) is 4.74 Å². The lowest BCUT2D eigenvalue weighted by Crippen LogP contribution is -2.40. The summed E-state index contributed by atoms with van der Waals surface area (Å²) in [5, 5.41) is 1.63. The fourth-order valence-electron chi connectivity index (χ4n) is 2.77. The molecule has 1 saturated carbocycles. The van der Waals surface area contributed by atoms with Crippen molar-refractivity contribution in [2.45, 2.75) is 18.8 Å². The molecule has 0 atom stereocenters. The predicted octanol–water partition coefficient (Wildman–Crippen LogP) is 3.30. The topological polar surface area (TPSA) is 42.4 Å². The maximum Gasteiger partial charge on any atom is 0.264 e. The zero-order valence-electron chi connectivity index (χ0n) is 11.5. The van der Waals surface area contributed by atoms with Gasteiger partial charge in [-0.3, -0.25) is 4.79 Å². The lowest BCUT2D eigenvalue weighted by molar-refractivity contribution is 0.0306. The maximum atomic E-state index is 12.6. The molecule has 4 rings (SSSR count). The minimum atomic E-state index is 0.0826. The third-order valence-corrected chi connectivity index (χ3v) is 5.24. The largest absolute Gasteiger partial charge is 0.378 e. The van der Waals surface area contributed by atoms with Gasteiger partial charge in [-0.05, 0) is 36.5 Å². The molecule has 110 valence electrons. The highest BCUT2D eigenvalue weighted by Crippen LogP contribution is 2.45. The Morgan fingerprint density at radius 3 is 2.81 bits per heavy atom. The number of thiophene rings is 1. The second kappa shape index (κ2) is 5.23. The van der Waals surface area contributed by atoms with Crippen LogP contribution in [0.3, 0.4) is 0 Å². The molecule has 1 saturated heterocycles. The minimum absolute atomic E-state index is 0.0826. The van der Waals surface area contributed by atoms with E-state index in [1.165, 1.54) is 29.7 Å². The molecule has 4 nitrogen and oxygen atoms in total. The fraction of sp³-hybridized carbons (Fsp3) is 0.467. The zero-order chi connectivity index (χ0) is 14.4. The molecule has 0 bridgehead atoms. The number of nitrogens with zero attached hydrogens (tertiary/aromatic N) is 2. The first-order valence-electron chi connectivity index (χ1n) is 7.19. The molecule has 21 heavy (non-hydrogen) atoms. The van der Waals surface area contributed by atoms with Gasteiger partial charge in [-0.1, -0.05) is 11.6 Å². The van der Waals surface area contributed by atoms with Gasteiger partial charge in [0, 0.05) is 18.5 Å². The molecule has 0 unspecified atom stereocenters. The molecule has 0 N–H and O–H groups in total. The molecule has 2 fully saturated rings. The molecule has 2 aliphatic rings. The molecule has 1 aliphatic heterocycles. The lowest BCUT2D eigenvalue weighted by Gasteiger charge is -2.26. The third-order valence-electron chi connectivity index (χ3n) is 4.03. The van der Waals surface area contributed by atoms with Crippen LogP contribution < -0.4 is 0 Å². The summed E-state index contributed by atoms with van der Waals surface area (Å²) in [7, 11) is 0. The number of fused-ring (bicyclic) bond motifs is 1. The first-order valence-corrected chi connectivity index (χ1v) is 8.39. The van der Waals surface area contributed by atoms with Crippen LogP contribution in [0.15, 0.2) is 12.1 Å². The lowest BCUT2D eigenvalue weighted by atomic mass is 10.1. The van der Waals surface area contributed by atoms with Crippen LogP contribution in [0.1, 0.15) is 34.0 Å². The first kappa shape index (κ1) is 13.5. The highest BCUT2D eigenvalue weighted by Gasteiger charge is 2.28. The molecule has 1 amide bonds. The van der Waals surface area contributed by atoms with Crippen molar-refractivity contribution >= 4 is 39.1 Å². The van der Waals surface area contributed by atoms with Gasteiger partial charge in [-0.15, -0.1) is 11.3 Å². The highest BCUT2D eigenvalue weighted by molar-refractivity contribution is 7.20. The molecule has 2 aromatic heterocycles. The SMILES string of the molecule is O=C(c1cc2c(C3CC3)cc(Cl)nc2s1)N1CCOCC1. The number of amides is 1. The van der Waals surface area contributed by atoms with Crippen molar-refractivity contribution < 1.29 is 9.53 Å². The van der Waals surface area contributed by atoms with Gasteiger partial charge in [0.1, 0.15) is 9.98 Å². The summed E-state index contributed by atoms with van der Waals surface area (Å²) in [4.78, 5) is 20.4. The zero-order valence-corrected chi connectivity index (χ0v) is 13.0. The Morgan fingerprint density at radius 1 is 1.33 bits per heavy atom. The molecule has 2 aromatic rings. The Kier molecular flexibility index (Phi) is 3.36. The summed E-state index contributed by atoms with van der Waals surface area (Å²) in [6.07, 6.45) is 2.41.